The molecule has 26 heavy (non-hydrogen) atoms. The van der Waals surface area contributed by atoms with Crippen LogP contribution in [0.4, 0.5) is 5.69 Å². The first kappa shape index (κ1) is 18.7. The van der Waals surface area contributed by atoms with Gasteiger partial charge in [0.2, 0.25) is 0 Å². The van der Waals surface area contributed by atoms with E-state index in [0.29, 0.717) is 35.3 Å². The maximum absolute atomic E-state index is 12.2. The second-order valence-electron chi connectivity index (χ2n) is 6.45. The molecular formula is C20H19Cl2NO3. The maximum atomic E-state index is 12.2. The number of aryl methyl sites for hydroxylation is 2. The van der Waals surface area contributed by atoms with Gasteiger partial charge in [-0.2, -0.15) is 0 Å². The van der Waals surface area contributed by atoms with Crippen LogP contribution in [0, 0.1) is 13.8 Å². The van der Waals surface area contributed by atoms with Crippen molar-refractivity contribution < 1.29 is 14.3 Å². The number of ether oxygens (including phenoxy) is 1. The van der Waals surface area contributed by atoms with Gasteiger partial charge in [0, 0.05) is 11.6 Å². The van der Waals surface area contributed by atoms with Crippen LogP contribution in [-0.2, 0) is 4.79 Å². The summed E-state index contributed by atoms with van der Waals surface area (Å²) in [6, 6.07) is 9.12. The number of carbonyl (C=O) groups excluding carboxylic acids is 2. The summed E-state index contributed by atoms with van der Waals surface area (Å²) in [6.07, 6.45) is 1.45. The number of nitrogens with zero attached hydrogens (tertiary/aromatic N) is 1. The van der Waals surface area contributed by atoms with E-state index in [1.165, 1.54) is 11.0 Å². The molecule has 0 fully saturated rings. The van der Waals surface area contributed by atoms with Gasteiger partial charge in [-0.3, -0.25) is 9.59 Å². The van der Waals surface area contributed by atoms with Crippen molar-refractivity contribution >= 4 is 40.6 Å². The lowest BCUT2D eigenvalue weighted by molar-refractivity contribution is -0.114. The summed E-state index contributed by atoms with van der Waals surface area (Å²) in [6.45, 7) is 5.02. The van der Waals surface area contributed by atoms with Gasteiger partial charge in [-0.15, -0.1) is 0 Å². The Labute approximate surface area is 162 Å². The molecule has 0 saturated carbocycles. The summed E-state index contributed by atoms with van der Waals surface area (Å²) in [7, 11) is 0. The van der Waals surface area contributed by atoms with Crippen LogP contribution in [0.25, 0.3) is 0 Å². The Kier molecular flexibility index (Phi) is 5.54. The summed E-state index contributed by atoms with van der Waals surface area (Å²) in [4.78, 5) is 25.8. The first-order chi connectivity index (χ1) is 12.4. The fourth-order valence-corrected chi connectivity index (χ4v) is 3.74. The fraction of sp³-hybridized carbons (Fsp3) is 0.300. The van der Waals surface area contributed by atoms with Gasteiger partial charge in [0.05, 0.1) is 22.9 Å². The highest BCUT2D eigenvalue weighted by molar-refractivity contribution is 6.54. The fourth-order valence-electron chi connectivity index (χ4n) is 3.14. The van der Waals surface area contributed by atoms with E-state index in [1.54, 1.807) is 6.07 Å². The zero-order valence-electron chi connectivity index (χ0n) is 14.6. The van der Waals surface area contributed by atoms with Gasteiger partial charge in [-0.25, -0.2) is 0 Å². The number of hydrogen-bond donors (Lipinski definition) is 0. The highest BCUT2D eigenvalue weighted by Crippen LogP contribution is 2.38. The molecule has 2 aromatic rings. The number of ketones is 1. The first-order valence-corrected chi connectivity index (χ1v) is 9.19. The zero-order chi connectivity index (χ0) is 18.8. The predicted molar refractivity (Wildman–Crippen MR) is 104 cm³/mol. The summed E-state index contributed by atoms with van der Waals surface area (Å²) >= 11 is 12.1. The largest absolute Gasteiger partial charge is 0.494 e. The standard InChI is InChI=1S/C20H19Cl2NO3/c1-12-7-13(2)9-15(8-12)26-6-4-3-5-23-18-16(19(24)20(23)25)10-14(21)11-17(18)22/h7-11H,3-6H2,1-2H3. The Hall–Kier alpha value is -2.04. The third-order valence-electron chi connectivity index (χ3n) is 4.22. The number of benzene rings is 2. The van der Waals surface area contributed by atoms with Crippen molar-refractivity contribution in [2.45, 2.75) is 26.7 Å². The lowest BCUT2D eigenvalue weighted by atomic mass is 10.1. The van der Waals surface area contributed by atoms with Crippen LogP contribution in [0.3, 0.4) is 0 Å². The summed E-state index contributed by atoms with van der Waals surface area (Å²) < 4.78 is 5.78. The molecule has 0 radical (unpaired) electrons. The number of Topliss-reactive ketones (excluding diaryl/α,β-unsaturated/α-hetero) is 1. The van der Waals surface area contributed by atoms with Crippen molar-refractivity contribution in [3.63, 3.8) is 0 Å². The van der Waals surface area contributed by atoms with Crippen LogP contribution in [0.2, 0.25) is 10.0 Å². The van der Waals surface area contributed by atoms with E-state index < -0.39 is 11.7 Å². The van der Waals surface area contributed by atoms with Gasteiger partial charge in [0.25, 0.3) is 11.7 Å². The van der Waals surface area contributed by atoms with Gasteiger partial charge in [-0.1, -0.05) is 29.3 Å². The van der Waals surface area contributed by atoms with Gasteiger partial charge >= 0.3 is 0 Å². The molecule has 1 aliphatic heterocycles. The smallest absolute Gasteiger partial charge is 0.299 e. The normalized spacial score (nSPS) is 13.3. The highest BCUT2D eigenvalue weighted by Gasteiger charge is 2.37. The SMILES string of the molecule is Cc1cc(C)cc(OCCCCN2C(=O)C(=O)c3cc(Cl)cc(Cl)c32)c1. The van der Waals surface area contributed by atoms with Crippen molar-refractivity contribution in [1.29, 1.82) is 0 Å². The van der Waals surface area contributed by atoms with Gasteiger partial charge < -0.3 is 9.64 Å². The van der Waals surface area contributed by atoms with E-state index in [9.17, 15) is 9.59 Å². The van der Waals surface area contributed by atoms with E-state index in [4.69, 9.17) is 27.9 Å². The molecule has 6 heteroatoms. The van der Waals surface area contributed by atoms with Gasteiger partial charge in [-0.05, 0) is 62.1 Å². The summed E-state index contributed by atoms with van der Waals surface area (Å²) in [5.41, 5.74) is 3.05. The monoisotopic (exact) mass is 391 g/mol. The molecule has 1 aliphatic rings. The summed E-state index contributed by atoms with van der Waals surface area (Å²) in [5, 5.41) is 0.664. The van der Waals surface area contributed by atoms with Gasteiger partial charge in [0.1, 0.15) is 5.75 Å². The van der Waals surface area contributed by atoms with Crippen molar-refractivity contribution in [2.24, 2.45) is 0 Å². The molecule has 0 N–H and O–H groups in total. The molecule has 0 aromatic heterocycles. The quantitative estimate of drug-likeness (QED) is 0.514. The second-order valence-corrected chi connectivity index (χ2v) is 7.29. The van der Waals surface area contributed by atoms with E-state index >= 15 is 0 Å². The lowest BCUT2D eigenvalue weighted by Crippen LogP contribution is -2.31. The Morgan fingerprint density at radius 3 is 2.35 bits per heavy atom. The Balaban J connectivity index is 1.57. The Morgan fingerprint density at radius 1 is 0.962 bits per heavy atom. The first-order valence-electron chi connectivity index (χ1n) is 8.43. The van der Waals surface area contributed by atoms with E-state index in [-0.39, 0.29) is 5.56 Å². The number of amides is 1. The van der Waals surface area contributed by atoms with Gasteiger partial charge in [0.15, 0.2) is 0 Å². The molecule has 3 rings (SSSR count). The van der Waals surface area contributed by atoms with E-state index in [0.717, 1.165) is 23.3 Å². The minimum atomic E-state index is -0.559. The van der Waals surface area contributed by atoms with Crippen molar-refractivity contribution in [1.82, 2.24) is 0 Å². The molecule has 0 bridgehead atoms. The van der Waals surface area contributed by atoms with Crippen LogP contribution in [0.1, 0.15) is 34.3 Å². The van der Waals surface area contributed by atoms with Crippen molar-refractivity contribution in [3.05, 3.63) is 57.1 Å². The molecular weight excluding hydrogens is 373 g/mol. The minimum Gasteiger partial charge on any atom is -0.494 e. The maximum Gasteiger partial charge on any atom is 0.299 e. The molecule has 0 spiro atoms. The van der Waals surface area contributed by atoms with E-state index in [2.05, 4.69) is 6.07 Å². The third kappa shape index (κ3) is 3.87. The highest BCUT2D eigenvalue weighted by atomic mass is 35.5. The number of halogens is 2. The molecule has 0 unspecified atom stereocenters. The number of hydrogen-bond acceptors (Lipinski definition) is 3. The average Bonchev–Trinajstić information content (AvgIpc) is 2.79. The van der Waals surface area contributed by atoms with Crippen LogP contribution in [0.15, 0.2) is 30.3 Å². The molecule has 136 valence electrons. The van der Waals surface area contributed by atoms with Crippen molar-refractivity contribution in [3.8, 4) is 5.75 Å². The lowest BCUT2D eigenvalue weighted by Gasteiger charge is -2.17. The third-order valence-corrected chi connectivity index (χ3v) is 4.73. The number of unbranched alkanes of at least 4 members (excludes halogenated alkanes) is 1. The number of carbonyl (C=O) groups is 2. The molecule has 1 amide bonds. The zero-order valence-corrected chi connectivity index (χ0v) is 16.2. The molecule has 0 aliphatic carbocycles. The molecule has 2 aromatic carbocycles. The molecule has 0 atom stereocenters. The minimum absolute atomic E-state index is 0.277. The average molecular weight is 392 g/mol. The van der Waals surface area contributed by atoms with Crippen LogP contribution >= 0.6 is 23.2 Å². The van der Waals surface area contributed by atoms with Crippen LogP contribution in [0.5, 0.6) is 5.75 Å². The number of fused-ring (bicyclic) bond motifs is 1. The van der Waals surface area contributed by atoms with Crippen molar-refractivity contribution in [2.75, 3.05) is 18.1 Å². The second kappa shape index (κ2) is 7.68. The number of anilines is 1. The van der Waals surface area contributed by atoms with Crippen LogP contribution < -0.4 is 9.64 Å². The Bertz CT molecular complexity index is 859. The topological polar surface area (TPSA) is 46.6 Å². The predicted octanol–water partition coefficient (Wildman–Crippen LogP) is 5.00. The molecule has 0 saturated heterocycles. The van der Waals surface area contributed by atoms with E-state index in [1.807, 2.05) is 26.0 Å². The Morgan fingerprint density at radius 2 is 1.65 bits per heavy atom. The summed E-state index contributed by atoms with van der Waals surface area (Å²) in [5.74, 6) is -0.270. The van der Waals surface area contributed by atoms with Crippen LogP contribution in [-0.4, -0.2) is 24.8 Å². The molecule has 1 heterocycles. The molecule has 4 nitrogen and oxygen atoms in total. The number of rotatable bonds is 6.